The second kappa shape index (κ2) is 5.28. The largest absolute Gasteiger partial charge is 0.396 e. The molecule has 2 heterocycles. The Morgan fingerprint density at radius 1 is 1.41 bits per heavy atom. The van der Waals surface area contributed by atoms with Crippen molar-refractivity contribution in [2.45, 2.75) is 33.6 Å². The number of aliphatic hydroxyl groups excluding tert-OH is 1. The van der Waals surface area contributed by atoms with Crippen molar-refractivity contribution in [2.24, 2.45) is 5.41 Å². The molecular formula is C16H21N3O3. The van der Waals surface area contributed by atoms with Crippen molar-refractivity contribution >= 4 is 5.91 Å². The van der Waals surface area contributed by atoms with Gasteiger partial charge in [-0.1, -0.05) is 5.16 Å². The van der Waals surface area contributed by atoms with Gasteiger partial charge in [-0.2, -0.15) is 0 Å². The van der Waals surface area contributed by atoms with Gasteiger partial charge in [-0.05, 0) is 39.7 Å². The molecule has 0 spiro atoms. The van der Waals surface area contributed by atoms with E-state index in [1.807, 2.05) is 37.5 Å². The van der Waals surface area contributed by atoms with E-state index in [2.05, 4.69) is 10.5 Å². The Morgan fingerprint density at radius 3 is 2.68 bits per heavy atom. The third-order valence-corrected chi connectivity index (χ3v) is 4.44. The summed E-state index contributed by atoms with van der Waals surface area (Å²) in [5, 5.41) is 16.3. The molecule has 2 N–H and O–H groups in total. The molecule has 0 radical (unpaired) electrons. The van der Waals surface area contributed by atoms with E-state index in [0.29, 0.717) is 17.9 Å². The molecular weight excluding hydrogens is 282 g/mol. The molecule has 2 aromatic rings. The summed E-state index contributed by atoms with van der Waals surface area (Å²) in [6.07, 6.45) is 1.95. The van der Waals surface area contributed by atoms with Crippen LogP contribution in [0.1, 0.15) is 40.3 Å². The van der Waals surface area contributed by atoms with Gasteiger partial charge in [0, 0.05) is 29.4 Å². The molecule has 0 unspecified atom stereocenters. The summed E-state index contributed by atoms with van der Waals surface area (Å²) in [6.45, 7) is 6.32. The molecule has 1 aliphatic rings. The lowest BCUT2D eigenvalue weighted by atomic mass is 10.1. The van der Waals surface area contributed by atoms with Gasteiger partial charge in [0.25, 0.3) is 5.91 Å². The first-order valence-electron chi connectivity index (χ1n) is 7.47. The number of rotatable bonds is 5. The molecule has 0 aliphatic heterocycles. The topological polar surface area (TPSA) is 80.3 Å². The number of nitrogens with one attached hydrogen (secondary N) is 1. The number of carbonyl (C=O) groups is 1. The zero-order chi connectivity index (χ0) is 15.9. The number of hydrogen-bond donors (Lipinski definition) is 2. The van der Waals surface area contributed by atoms with Gasteiger partial charge in [0.2, 0.25) is 0 Å². The van der Waals surface area contributed by atoms with Gasteiger partial charge in [-0.15, -0.1) is 0 Å². The van der Waals surface area contributed by atoms with E-state index < -0.39 is 0 Å². The quantitative estimate of drug-likeness (QED) is 0.884. The Morgan fingerprint density at radius 2 is 2.14 bits per heavy atom. The predicted molar refractivity (Wildman–Crippen MR) is 81.1 cm³/mol. The number of hydrogen-bond acceptors (Lipinski definition) is 4. The number of amides is 1. The number of aliphatic hydroxyl groups is 1. The first kappa shape index (κ1) is 14.8. The van der Waals surface area contributed by atoms with Crippen molar-refractivity contribution < 1.29 is 14.4 Å². The highest BCUT2D eigenvalue weighted by atomic mass is 16.5. The molecule has 22 heavy (non-hydrogen) atoms. The molecule has 1 fully saturated rings. The zero-order valence-corrected chi connectivity index (χ0v) is 13.1. The summed E-state index contributed by atoms with van der Waals surface area (Å²) < 4.78 is 7.02. The standard InChI is InChI=1S/C16H21N3O3/c1-10-6-13(15(21)17-8-16(9-20)4-5-16)12(3)19(10)14-7-11(2)22-18-14/h6-7,20H,4-5,8-9H2,1-3H3,(H,17,21). The van der Waals surface area contributed by atoms with E-state index in [9.17, 15) is 9.90 Å². The van der Waals surface area contributed by atoms with Crippen LogP contribution in [0.25, 0.3) is 5.82 Å². The minimum absolute atomic E-state index is 0.0929. The summed E-state index contributed by atoms with van der Waals surface area (Å²) >= 11 is 0. The second-order valence-electron chi connectivity index (χ2n) is 6.26. The molecule has 3 rings (SSSR count). The van der Waals surface area contributed by atoms with Crippen molar-refractivity contribution in [1.29, 1.82) is 0 Å². The summed E-state index contributed by atoms with van der Waals surface area (Å²) in [4.78, 5) is 12.4. The smallest absolute Gasteiger partial charge is 0.253 e. The molecule has 6 heteroatoms. The lowest BCUT2D eigenvalue weighted by molar-refractivity contribution is 0.0934. The van der Waals surface area contributed by atoms with E-state index in [1.165, 1.54) is 0 Å². The molecule has 1 amide bonds. The van der Waals surface area contributed by atoms with Crippen LogP contribution in [0.2, 0.25) is 0 Å². The van der Waals surface area contributed by atoms with Gasteiger partial charge < -0.3 is 14.9 Å². The van der Waals surface area contributed by atoms with E-state index in [4.69, 9.17) is 4.52 Å². The first-order valence-corrected chi connectivity index (χ1v) is 7.47. The van der Waals surface area contributed by atoms with Crippen molar-refractivity contribution in [2.75, 3.05) is 13.2 Å². The molecule has 0 aromatic carbocycles. The summed E-state index contributed by atoms with van der Waals surface area (Å²) in [5.41, 5.74) is 2.30. The molecule has 2 aromatic heterocycles. The average Bonchev–Trinajstić information content (AvgIpc) is 3.07. The molecule has 0 bridgehead atoms. The summed E-state index contributed by atoms with van der Waals surface area (Å²) in [5.74, 6) is 1.30. The van der Waals surface area contributed by atoms with Gasteiger partial charge in [-0.25, -0.2) is 0 Å². The molecule has 0 saturated heterocycles. The highest BCUT2D eigenvalue weighted by molar-refractivity contribution is 5.95. The normalized spacial score (nSPS) is 15.8. The van der Waals surface area contributed by atoms with Crippen LogP contribution in [0.5, 0.6) is 0 Å². The van der Waals surface area contributed by atoms with Crippen LogP contribution in [0.15, 0.2) is 16.7 Å². The summed E-state index contributed by atoms with van der Waals surface area (Å²) in [6, 6.07) is 3.69. The third kappa shape index (κ3) is 2.54. The maximum absolute atomic E-state index is 12.4. The Bertz CT molecular complexity index is 710. The van der Waals surface area contributed by atoms with Gasteiger partial charge in [0.1, 0.15) is 5.76 Å². The fraction of sp³-hybridized carbons (Fsp3) is 0.500. The number of carbonyl (C=O) groups excluding carboxylic acids is 1. The maximum atomic E-state index is 12.4. The van der Waals surface area contributed by atoms with E-state index in [0.717, 1.165) is 30.0 Å². The third-order valence-electron chi connectivity index (χ3n) is 4.44. The van der Waals surface area contributed by atoms with Crippen molar-refractivity contribution in [1.82, 2.24) is 15.0 Å². The number of aromatic nitrogens is 2. The van der Waals surface area contributed by atoms with Crippen LogP contribution in [-0.4, -0.2) is 33.9 Å². The highest BCUT2D eigenvalue weighted by Gasteiger charge is 2.42. The Kier molecular flexibility index (Phi) is 3.56. The van der Waals surface area contributed by atoms with E-state index >= 15 is 0 Å². The van der Waals surface area contributed by atoms with Crippen molar-refractivity contribution in [3.8, 4) is 5.82 Å². The van der Waals surface area contributed by atoms with Crippen LogP contribution >= 0.6 is 0 Å². The van der Waals surface area contributed by atoms with Crippen LogP contribution < -0.4 is 5.32 Å². The summed E-state index contributed by atoms with van der Waals surface area (Å²) in [7, 11) is 0. The van der Waals surface area contributed by atoms with Crippen LogP contribution in [0, 0.1) is 26.2 Å². The highest BCUT2D eigenvalue weighted by Crippen LogP contribution is 2.44. The van der Waals surface area contributed by atoms with E-state index in [1.54, 1.807) is 0 Å². The second-order valence-corrected chi connectivity index (χ2v) is 6.26. The van der Waals surface area contributed by atoms with Crippen LogP contribution in [0.4, 0.5) is 0 Å². The fourth-order valence-corrected chi connectivity index (χ4v) is 2.73. The lowest BCUT2D eigenvalue weighted by Gasteiger charge is -2.12. The molecule has 0 atom stereocenters. The Balaban J connectivity index is 1.81. The minimum Gasteiger partial charge on any atom is -0.396 e. The molecule has 1 saturated carbocycles. The first-order chi connectivity index (χ1) is 10.5. The average molecular weight is 303 g/mol. The molecule has 118 valence electrons. The number of aryl methyl sites for hydroxylation is 2. The number of nitrogens with zero attached hydrogens (tertiary/aromatic N) is 2. The monoisotopic (exact) mass is 303 g/mol. The molecule has 6 nitrogen and oxygen atoms in total. The maximum Gasteiger partial charge on any atom is 0.253 e. The van der Waals surface area contributed by atoms with Crippen molar-refractivity contribution in [3.05, 3.63) is 34.8 Å². The minimum atomic E-state index is -0.112. The SMILES string of the molecule is Cc1cc(-n2c(C)cc(C(=O)NCC3(CO)CC3)c2C)no1. The van der Waals surface area contributed by atoms with Crippen LogP contribution in [-0.2, 0) is 0 Å². The molecule has 1 aliphatic carbocycles. The Labute approximate surface area is 129 Å². The van der Waals surface area contributed by atoms with Gasteiger partial charge in [0.15, 0.2) is 5.82 Å². The van der Waals surface area contributed by atoms with E-state index in [-0.39, 0.29) is 17.9 Å². The Hall–Kier alpha value is -2.08. The van der Waals surface area contributed by atoms with Gasteiger partial charge in [0.05, 0.1) is 12.2 Å². The van der Waals surface area contributed by atoms with Crippen LogP contribution in [0.3, 0.4) is 0 Å². The van der Waals surface area contributed by atoms with Crippen molar-refractivity contribution in [3.63, 3.8) is 0 Å². The van der Waals surface area contributed by atoms with Gasteiger partial charge in [-0.3, -0.25) is 9.36 Å². The van der Waals surface area contributed by atoms with Gasteiger partial charge >= 0.3 is 0 Å². The zero-order valence-electron chi connectivity index (χ0n) is 13.1. The fourth-order valence-electron chi connectivity index (χ4n) is 2.73. The predicted octanol–water partition coefficient (Wildman–Crippen LogP) is 1.89. The lowest BCUT2D eigenvalue weighted by Crippen LogP contribution is -2.32.